The molecule has 0 radical (unpaired) electrons. The van der Waals surface area contributed by atoms with E-state index >= 15 is 0 Å². The third kappa shape index (κ3) is 4.07. The van der Waals surface area contributed by atoms with Crippen LogP contribution in [-0.2, 0) is 13.0 Å². The van der Waals surface area contributed by atoms with E-state index in [-0.39, 0.29) is 0 Å². The minimum Gasteiger partial charge on any atom is -0.301 e. The molecule has 1 unspecified atom stereocenters. The SMILES string of the molecule is CCc1cnn(CCC2CCN(C(C)CC)CC2)c1. The predicted molar refractivity (Wildman–Crippen MR) is 80.3 cm³/mol. The highest BCUT2D eigenvalue weighted by atomic mass is 15.3. The smallest absolute Gasteiger partial charge is 0.0521 e. The molecule has 0 amide bonds. The lowest BCUT2D eigenvalue weighted by Crippen LogP contribution is -2.39. The Labute approximate surface area is 118 Å². The normalized spacial score (nSPS) is 19.7. The molecular formula is C16H29N3. The van der Waals surface area contributed by atoms with Gasteiger partial charge in [0.1, 0.15) is 0 Å². The van der Waals surface area contributed by atoms with Crippen LogP contribution in [0, 0.1) is 5.92 Å². The van der Waals surface area contributed by atoms with Crippen molar-refractivity contribution in [3.8, 4) is 0 Å². The molecule has 3 heteroatoms. The number of aromatic nitrogens is 2. The number of aryl methyl sites for hydroxylation is 2. The van der Waals surface area contributed by atoms with Crippen molar-refractivity contribution in [2.45, 2.75) is 65.5 Å². The Kier molecular flexibility index (Phi) is 5.44. The number of hydrogen-bond acceptors (Lipinski definition) is 2. The van der Waals surface area contributed by atoms with Gasteiger partial charge in [-0.15, -0.1) is 0 Å². The van der Waals surface area contributed by atoms with Gasteiger partial charge in [0.15, 0.2) is 0 Å². The summed E-state index contributed by atoms with van der Waals surface area (Å²) in [5.74, 6) is 0.898. The number of nitrogens with zero attached hydrogens (tertiary/aromatic N) is 3. The van der Waals surface area contributed by atoms with Crippen LogP contribution in [0.3, 0.4) is 0 Å². The molecule has 1 aromatic heterocycles. The molecule has 19 heavy (non-hydrogen) atoms. The summed E-state index contributed by atoms with van der Waals surface area (Å²) >= 11 is 0. The first kappa shape index (κ1) is 14.6. The molecule has 2 rings (SSSR count). The molecule has 1 saturated heterocycles. The van der Waals surface area contributed by atoms with Gasteiger partial charge in [-0.1, -0.05) is 13.8 Å². The minimum atomic E-state index is 0.763. The van der Waals surface area contributed by atoms with Crippen molar-refractivity contribution < 1.29 is 0 Å². The summed E-state index contributed by atoms with van der Waals surface area (Å²) in [5.41, 5.74) is 1.35. The average Bonchev–Trinajstić information content (AvgIpc) is 2.93. The Morgan fingerprint density at radius 2 is 2.05 bits per heavy atom. The third-order valence-corrected chi connectivity index (χ3v) is 4.72. The van der Waals surface area contributed by atoms with Crippen molar-refractivity contribution in [2.75, 3.05) is 13.1 Å². The van der Waals surface area contributed by atoms with E-state index in [2.05, 4.69) is 41.6 Å². The maximum atomic E-state index is 4.43. The van der Waals surface area contributed by atoms with Crippen molar-refractivity contribution in [1.82, 2.24) is 14.7 Å². The highest BCUT2D eigenvalue weighted by Crippen LogP contribution is 2.23. The van der Waals surface area contributed by atoms with Crippen molar-refractivity contribution in [1.29, 1.82) is 0 Å². The molecule has 1 atom stereocenters. The Morgan fingerprint density at radius 3 is 2.63 bits per heavy atom. The lowest BCUT2D eigenvalue weighted by Gasteiger charge is -2.35. The van der Waals surface area contributed by atoms with E-state index < -0.39 is 0 Å². The second-order valence-corrected chi connectivity index (χ2v) is 5.99. The van der Waals surface area contributed by atoms with Gasteiger partial charge >= 0.3 is 0 Å². The molecule has 0 saturated carbocycles. The van der Waals surface area contributed by atoms with Crippen molar-refractivity contribution in [3.63, 3.8) is 0 Å². The van der Waals surface area contributed by atoms with Gasteiger partial charge in [0, 0.05) is 18.8 Å². The van der Waals surface area contributed by atoms with Crippen LogP contribution >= 0.6 is 0 Å². The van der Waals surface area contributed by atoms with Crippen LogP contribution < -0.4 is 0 Å². The second-order valence-electron chi connectivity index (χ2n) is 5.99. The first-order valence-electron chi connectivity index (χ1n) is 7.98. The van der Waals surface area contributed by atoms with Gasteiger partial charge in [-0.3, -0.25) is 4.68 Å². The zero-order valence-electron chi connectivity index (χ0n) is 12.8. The fourth-order valence-electron chi connectivity index (χ4n) is 2.97. The number of piperidine rings is 1. The Balaban J connectivity index is 1.71. The summed E-state index contributed by atoms with van der Waals surface area (Å²) < 4.78 is 2.12. The molecule has 0 N–H and O–H groups in total. The second kappa shape index (κ2) is 7.09. The standard InChI is InChI=1S/C16H29N3/c1-4-14(3)18-9-6-16(7-10-18)8-11-19-13-15(5-2)12-17-19/h12-14,16H,4-11H2,1-3H3. The van der Waals surface area contributed by atoms with E-state index in [9.17, 15) is 0 Å². The van der Waals surface area contributed by atoms with E-state index in [1.807, 2.05) is 6.20 Å². The molecule has 1 fully saturated rings. The van der Waals surface area contributed by atoms with Crippen LogP contribution in [-0.4, -0.2) is 33.8 Å². The summed E-state index contributed by atoms with van der Waals surface area (Å²) in [6, 6.07) is 0.763. The Morgan fingerprint density at radius 1 is 1.32 bits per heavy atom. The van der Waals surface area contributed by atoms with Crippen LogP contribution in [0.25, 0.3) is 0 Å². The lowest BCUT2D eigenvalue weighted by molar-refractivity contribution is 0.132. The topological polar surface area (TPSA) is 21.1 Å². The van der Waals surface area contributed by atoms with Gasteiger partial charge in [-0.05, 0) is 63.6 Å². The molecule has 1 aliphatic rings. The van der Waals surface area contributed by atoms with Crippen LogP contribution in [0.5, 0.6) is 0 Å². The van der Waals surface area contributed by atoms with Gasteiger partial charge in [-0.25, -0.2) is 0 Å². The minimum absolute atomic E-state index is 0.763. The molecular weight excluding hydrogens is 234 g/mol. The molecule has 2 heterocycles. The summed E-state index contributed by atoms with van der Waals surface area (Å²) in [6.07, 6.45) is 10.6. The fraction of sp³-hybridized carbons (Fsp3) is 0.812. The van der Waals surface area contributed by atoms with Crippen LogP contribution in [0.4, 0.5) is 0 Å². The van der Waals surface area contributed by atoms with E-state index in [0.29, 0.717) is 0 Å². The van der Waals surface area contributed by atoms with E-state index in [1.54, 1.807) is 0 Å². The molecule has 1 aliphatic heterocycles. The quantitative estimate of drug-likeness (QED) is 0.785. The molecule has 0 bridgehead atoms. The number of hydrogen-bond donors (Lipinski definition) is 0. The first-order chi connectivity index (χ1) is 9.22. The summed E-state index contributed by atoms with van der Waals surface area (Å²) in [7, 11) is 0. The monoisotopic (exact) mass is 263 g/mol. The third-order valence-electron chi connectivity index (χ3n) is 4.72. The lowest BCUT2D eigenvalue weighted by atomic mass is 9.92. The van der Waals surface area contributed by atoms with E-state index in [4.69, 9.17) is 0 Å². The van der Waals surface area contributed by atoms with Crippen molar-refractivity contribution >= 4 is 0 Å². The maximum absolute atomic E-state index is 4.43. The Bertz CT molecular complexity index is 364. The zero-order valence-corrected chi connectivity index (χ0v) is 12.8. The van der Waals surface area contributed by atoms with Gasteiger partial charge in [0.05, 0.1) is 6.20 Å². The van der Waals surface area contributed by atoms with Gasteiger partial charge in [0.2, 0.25) is 0 Å². The summed E-state index contributed by atoms with van der Waals surface area (Å²) in [6.45, 7) is 10.5. The van der Waals surface area contributed by atoms with Gasteiger partial charge in [-0.2, -0.15) is 5.10 Å². The van der Waals surface area contributed by atoms with Crippen LogP contribution in [0.15, 0.2) is 12.4 Å². The van der Waals surface area contributed by atoms with Crippen LogP contribution in [0.2, 0.25) is 0 Å². The average molecular weight is 263 g/mol. The molecule has 0 spiro atoms. The summed E-state index contributed by atoms with van der Waals surface area (Å²) in [4.78, 5) is 2.65. The zero-order chi connectivity index (χ0) is 13.7. The molecule has 0 aliphatic carbocycles. The molecule has 108 valence electrons. The van der Waals surface area contributed by atoms with Crippen molar-refractivity contribution in [2.24, 2.45) is 5.92 Å². The van der Waals surface area contributed by atoms with Gasteiger partial charge < -0.3 is 4.90 Å². The largest absolute Gasteiger partial charge is 0.301 e. The molecule has 3 nitrogen and oxygen atoms in total. The summed E-state index contributed by atoms with van der Waals surface area (Å²) in [5, 5.41) is 4.43. The highest BCUT2D eigenvalue weighted by Gasteiger charge is 2.21. The predicted octanol–water partition coefficient (Wildman–Crippen LogP) is 3.35. The first-order valence-corrected chi connectivity index (χ1v) is 7.98. The fourth-order valence-corrected chi connectivity index (χ4v) is 2.97. The maximum Gasteiger partial charge on any atom is 0.0521 e. The van der Waals surface area contributed by atoms with Crippen molar-refractivity contribution in [3.05, 3.63) is 18.0 Å². The van der Waals surface area contributed by atoms with E-state index in [1.165, 1.54) is 44.3 Å². The Hall–Kier alpha value is -0.830. The number of rotatable bonds is 6. The van der Waals surface area contributed by atoms with E-state index in [0.717, 1.165) is 24.9 Å². The highest BCUT2D eigenvalue weighted by molar-refractivity contribution is 5.02. The van der Waals surface area contributed by atoms with Gasteiger partial charge in [0.25, 0.3) is 0 Å². The molecule has 1 aromatic rings. The van der Waals surface area contributed by atoms with Crippen LogP contribution in [0.1, 0.15) is 52.0 Å². The molecule has 0 aromatic carbocycles. The number of likely N-dealkylation sites (tertiary alicyclic amines) is 1.